The summed E-state index contributed by atoms with van der Waals surface area (Å²) in [7, 11) is 0. The number of anilines is 1. The van der Waals surface area contributed by atoms with Crippen LogP contribution >= 0.6 is 0 Å². The van der Waals surface area contributed by atoms with Gasteiger partial charge >= 0.3 is 0 Å². The summed E-state index contributed by atoms with van der Waals surface area (Å²) in [6.45, 7) is 6.78. The van der Waals surface area contributed by atoms with E-state index in [0.29, 0.717) is 13.2 Å². The number of hydrogen-bond acceptors (Lipinski definition) is 4. The molecule has 0 spiro atoms. The summed E-state index contributed by atoms with van der Waals surface area (Å²) in [4.78, 5) is 15.3. The molecule has 0 bridgehead atoms. The van der Waals surface area contributed by atoms with Crippen molar-refractivity contribution in [2.75, 3.05) is 38.2 Å². The number of rotatable bonds is 9. The van der Waals surface area contributed by atoms with E-state index in [1.807, 2.05) is 24.3 Å². The van der Waals surface area contributed by atoms with Crippen LogP contribution in [0.1, 0.15) is 58.3 Å². The van der Waals surface area contributed by atoms with Crippen LogP contribution in [-0.2, 0) is 9.53 Å². The standard InChI is InChI=1S/C22H34N2O3/c1-2-17-27-22(12-4-5-13-22)21(25)23-19-8-10-20(11-9-19)26-18-16-24-14-6-3-7-15-24/h8-11H,2-7,12-18H2,1H3,(H,23,25). The van der Waals surface area contributed by atoms with Crippen molar-refractivity contribution in [3.63, 3.8) is 0 Å². The molecule has 1 amide bonds. The van der Waals surface area contributed by atoms with Gasteiger partial charge in [-0.1, -0.05) is 13.3 Å². The number of likely N-dealkylation sites (tertiary alicyclic amines) is 1. The quantitative estimate of drug-likeness (QED) is 0.703. The highest BCUT2D eigenvalue weighted by atomic mass is 16.5. The van der Waals surface area contributed by atoms with Gasteiger partial charge in [-0.3, -0.25) is 9.69 Å². The Morgan fingerprint density at radius 1 is 1.04 bits per heavy atom. The monoisotopic (exact) mass is 374 g/mol. The third-order valence-corrected chi connectivity index (χ3v) is 5.64. The Bertz CT molecular complexity index is 576. The van der Waals surface area contributed by atoms with E-state index in [2.05, 4.69) is 17.1 Å². The van der Waals surface area contributed by atoms with Crippen molar-refractivity contribution in [2.45, 2.75) is 63.9 Å². The molecule has 1 aliphatic heterocycles. The fraction of sp³-hybridized carbons (Fsp3) is 0.682. The molecule has 1 heterocycles. The highest BCUT2D eigenvalue weighted by Gasteiger charge is 2.42. The van der Waals surface area contributed by atoms with Gasteiger partial charge in [-0.05, 0) is 82.3 Å². The van der Waals surface area contributed by atoms with Gasteiger partial charge in [-0.15, -0.1) is 0 Å². The van der Waals surface area contributed by atoms with Crippen LogP contribution in [-0.4, -0.2) is 49.3 Å². The van der Waals surface area contributed by atoms with Gasteiger partial charge in [0.05, 0.1) is 0 Å². The van der Waals surface area contributed by atoms with Gasteiger partial charge in [0.2, 0.25) is 0 Å². The smallest absolute Gasteiger partial charge is 0.256 e. The average molecular weight is 375 g/mol. The van der Waals surface area contributed by atoms with Crippen LogP contribution in [0.25, 0.3) is 0 Å². The Kier molecular flexibility index (Phi) is 7.53. The fourth-order valence-electron chi connectivity index (χ4n) is 4.04. The van der Waals surface area contributed by atoms with Crippen molar-refractivity contribution in [3.05, 3.63) is 24.3 Å². The molecule has 150 valence electrons. The highest BCUT2D eigenvalue weighted by molar-refractivity contribution is 5.97. The van der Waals surface area contributed by atoms with Crippen molar-refractivity contribution >= 4 is 11.6 Å². The van der Waals surface area contributed by atoms with E-state index in [-0.39, 0.29) is 5.91 Å². The maximum atomic E-state index is 12.8. The number of amides is 1. The molecule has 5 nitrogen and oxygen atoms in total. The molecule has 0 atom stereocenters. The molecule has 0 unspecified atom stereocenters. The first-order valence-electron chi connectivity index (χ1n) is 10.6. The third kappa shape index (κ3) is 5.69. The molecule has 2 fully saturated rings. The largest absolute Gasteiger partial charge is 0.492 e. The summed E-state index contributed by atoms with van der Waals surface area (Å²) in [5.41, 5.74) is 0.161. The van der Waals surface area contributed by atoms with Crippen LogP contribution in [0.5, 0.6) is 5.75 Å². The molecule has 0 aromatic heterocycles. The van der Waals surface area contributed by atoms with E-state index < -0.39 is 5.60 Å². The van der Waals surface area contributed by atoms with Crippen LogP contribution in [0.2, 0.25) is 0 Å². The molecule has 1 aliphatic carbocycles. The summed E-state index contributed by atoms with van der Waals surface area (Å²) in [6.07, 6.45) is 8.64. The van der Waals surface area contributed by atoms with E-state index in [1.54, 1.807) is 0 Å². The molecule has 1 aromatic carbocycles. The molecule has 2 aliphatic rings. The zero-order valence-corrected chi connectivity index (χ0v) is 16.7. The third-order valence-electron chi connectivity index (χ3n) is 5.64. The Morgan fingerprint density at radius 3 is 2.41 bits per heavy atom. The number of benzene rings is 1. The van der Waals surface area contributed by atoms with Gasteiger partial charge in [0.25, 0.3) is 5.91 Å². The predicted octanol–water partition coefficient (Wildman–Crippen LogP) is 4.23. The van der Waals surface area contributed by atoms with Crippen molar-refractivity contribution in [1.82, 2.24) is 4.90 Å². The van der Waals surface area contributed by atoms with Crippen molar-refractivity contribution < 1.29 is 14.3 Å². The van der Waals surface area contributed by atoms with Gasteiger partial charge in [0, 0.05) is 18.8 Å². The van der Waals surface area contributed by atoms with Gasteiger partial charge in [0.1, 0.15) is 18.0 Å². The minimum absolute atomic E-state index is 0.00721. The molecule has 27 heavy (non-hydrogen) atoms. The van der Waals surface area contributed by atoms with Gasteiger partial charge in [-0.25, -0.2) is 0 Å². The van der Waals surface area contributed by atoms with Crippen LogP contribution < -0.4 is 10.1 Å². The number of carbonyl (C=O) groups excluding carboxylic acids is 1. The number of nitrogens with zero attached hydrogens (tertiary/aromatic N) is 1. The summed E-state index contributed by atoms with van der Waals surface area (Å²) >= 11 is 0. The zero-order chi connectivity index (χ0) is 19.0. The molecule has 3 rings (SSSR count). The lowest BCUT2D eigenvalue weighted by atomic mass is 10.0. The maximum absolute atomic E-state index is 12.8. The molecule has 1 saturated heterocycles. The van der Waals surface area contributed by atoms with Crippen LogP contribution in [0.15, 0.2) is 24.3 Å². The lowest BCUT2D eigenvalue weighted by Gasteiger charge is -2.28. The first kappa shape index (κ1) is 20.2. The second-order valence-corrected chi connectivity index (χ2v) is 7.78. The molecule has 5 heteroatoms. The van der Waals surface area contributed by atoms with Crippen LogP contribution in [0.3, 0.4) is 0 Å². The summed E-state index contributed by atoms with van der Waals surface area (Å²) in [6, 6.07) is 7.69. The topological polar surface area (TPSA) is 50.8 Å². The molecule has 0 radical (unpaired) electrons. The van der Waals surface area contributed by atoms with Crippen molar-refractivity contribution in [1.29, 1.82) is 0 Å². The first-order valence-corrected chi connectivity index (χ1v) is 10.6. The van der Waals surface area contributed by atoms with E-state index in [4.69, 9.17) is 9.47 Å². The highest BCUT2D eigenvalue weighted by Crippen LogP contribution is 2.34. The van der Waals surface area contributed by atoms with Gasteiger partial charge in [0.15, 0.2) is 0 Å². The normalized spacial score (nSPS) is 19.7. The average Bonchev–Trinajstić information content (AvgIpc) is 3.19. The lowest BCUT2D eigenvalue weighted by molar-refractivity contribution is -0.140. The van der Waals surface area contributed by atoms with E-state index in [1.165, 1.54) is 32.4 Å². The van der Waals surface area contributed by atoms with Crippen molar-refractivity contribution in [3.8, 4) is 5.75 Å². The zero-order valence-electron chi connectivity index (χ0n) is 16.7. The van der Waals surface area contributed by atoms with E-state index >= 15 is 0 Å². The molecular formula is C22H34N2O3. The second kappa shape index (κ2) is 10.1. The summed E-state index contributed by atoms with van der Waals surface area (Å²) in [5.74, 6) is 0.843. The molecule has 1 aromatic rings. The predicted molar refractivity (Wildman–Crippen MR) is 108 cm³/mol. The molecule has 1 N–H and O–H groups in total. The minimum atomic E-state index is -0.639. The van der Waals surface area contributed by atoms with Crippen LogP contribution in [0.4, 0.5) is 5.69 Å². The van der Waals surface area contributed by atoms with Gasteiger partial charge < -0.3 is 14.8 Å². The van der Waals surface area contributed by atoms with E-state index in [0.717, 1.165) is 50.1 Å². The first-order chi connectivity index (χ1) is 13.2. The number of nitrogens with one attached hydrogen (secondary N) is 1. The summed E-state index contributed by atoms with van der Waals surface area (Å²) in [5, 5.41) is 3.04. The summed E-state index contributed by atoms with van der Waals surface area (Å²) < 4.78 is 11.8. The van der Waals surface area contributed by atoms with Crippen LogP contribution in [0, 0.1) is 0 Å². The number of ether oxygens (including phenoxy) is 2. The fourth-order valence-corrected chi connectivity index (χ4v) is 4.04. The Morgan fingerprint density at radius 2 is 1.74 bits per heavy atom. The minimum Gasteiger partial charge on any atom is -0.492 e. The Labute approximate surface area is 163 Å². The number of carbonyl (C=O) groups is 1. The van der Waals surface area contributed by atoms with E-state index in [9.17, 15) is 4.79 Å². The lowest BCUT2D eigenvalue weighted by Crippen LogP contribution is -2.43. The number of piperidine rings is 1. The molecule has 1 saturated carbocycles. The molecular weight excluding hydrogens is 340 g/mol. The maximum Gasteiger partial charge on any atom is 0.256 e. The SMILES string of the molecule is CCCOC1(C(=O)Nc2ccc(OCCN3CCCCC3)cc2)CCCC1. The Balaban J connectivity index is 1.47. The second-order valence-electron chi connectivity index (χ2n) is 7.78. The van der Waals surface area contributed by atoms with Crippen molar-refractivity contribution in [2.24, 2.45) is 0 Å². The van der Waals surface area contributed by atoms with Gasteiger partial charge in [-0.2, -0.15) is 0 Å². The number of hydrogen-bond donors (Lipinski definition) is 1. The Hall–Kier alpha value is -1.59.